The number of halogens is 1. The van der Waals surface area contributed by atoms with Gasteiger partial charge in [0.25, 0.3) is 0 Å². The summed E-state index contributed by atoms with van der Waals surface area (Å²) in [6.07, 6.45) is 3.84. The average Bonchev–Trinajstić information content (AvgIpc) is 2.66. The Morgan fingerprint density at radius 3 is 2.72 bits per heavy atom. The molecule has 0 aliphatic rings. The van der Waals surface area contributed by atoms with Gasteiger partial charge >= 0.3 is 0 Å². The Hall–Kier alpha value is -1.98. The van der Waals surface area contributed by atoms with E-state index < -0.39 is 0 Å². The normalized spacial score (nSPS) is 10.7. The second-order valence-corrected chi connectivity index (χ2v) is 4.12. The average molecular weight is 249 g/mol. The molecule has 0 radical (unpaired) electrons. The molecule has 2 heterocycles. The van der Waals surface area contributed by atoms with Crippen molar-refractivity contribution >= 4 is 5.82 Å². The molecule has 2 aromatic rings. The number of aryl methyl sites for hydroxylation is 3. The van der Waals surface area contributed by atoms with Crippen LogP contribution in [0.15, 0.2) is 12.5 Å². The Morgan fingerprint density at radius 2 is 2.11 bits per heavy atom. The van der Waals surface area contributed by atoms with Crippen molar-refractivity contribution in [2.75, 3.05) is 5.32 Å². The molecule has 6 heteroatoms. The topological polar surface area (TPSA) is 55.6 Å². The zero-order valence-electron chi connectivity index (χ0n) is 10.7. The van der Waals surface area contributed by atoms with Crippen LogP contribution in [0.4, 0.5) is 10.2 Å². The van der Waals surface area contributed by atoms with E-state index >= 15 is 0 Å². The minimum atomic E-state index is -0.381. The van der Waals surface area contributed by atoms with Crippen LogP contribution in [-0.4, -0.2) is 19.7 Å². The minimum Gasteiger partial charge on any atom is -0.362 e. The van der Waals surface area contributed by atoms with Crippen LogP contribution < -0.4 is 5.32 Å². The third kappa shape index (κ3) is 2.47. The van der Waals surface area contributed by atoms with Crippen molar-refractivity contribution in [3.8, 4) is 0 Å². The predicted molar refractivity (Wildman–Crippen MR) is 66.6 cm³/mol. The van der Waals surface area contributed by atoms with Gasteiger partial charge < -0.3 is 5.32 Å². The van der Waals surface area contributed by atoms with E-state index in [9.17, 15) is 4.39 Å². The van der Waals surface area contributed by atoms with E-state index in [1.165, 1.54) is 6.33 Å². The standard InChI is InChI=1S/C12H16FN5/c1-4-9-11(13)12(16-7-15-9)14-5-10-8(2)6-18(3)17-10/h6-7H,4-5H2,1-3H3,(H,14,15,16). The second kappa shape index (κ2) is 5.12. The van der Waals surface area contributed by atoms with E-state index in [0.717, 1.165) is 11.3 Å². The van der Waals surface area contributed by atoms with Gasteiger partial charge in [-0.1, -0.05) is 6.92 Å². The Labute approximate surface area is 105 Å². The lowest BCUT2D eigenvalue weighted by atomic mass is 10.2. The molecule has 2 rings (SSSR count). The molecule has 5 nitrogen and oxygen atoms in total. The van der Waals surface area contributed by atoms with Crippen LogP contribution in [0.5, 0.6) is 0 Å². The molecule has 1 N–H and O–H groups in total. The maximum Gasteiger partial charge on any atom is 0.186 e. The number of hydrogen-bond acceptors (Lipinski definition) is 4. The summed E-state index contributed by atoms with van der Waals surface area (Å²) >= 11 is 0. The van der Waals surface area contributed by atoms with Crippen LogP contribution in [0.2, 0.25) is 0 Å². The third-order valence-electron chi connectivity index (χ3n) is 2.73. The Morgan fingerprint density at radius 1 is 1.33 bits per heavy atom. The van der Waals surface area contributed by atoms with Gasteiger partial charge in [0.1, 0.15) is 6.33 Å². The number of aromatic nitrogens is 4. The lowest BCUT2D eigenvalue weighted by Gasteiger charge is -2.07. The highest BCUT2D eigenvalue weighted by Gasteiger charge is 2.10. The van der Waals surface area contributed by atoms with E-state index in [4.69, 9.17) is 0 Å². The summed E-state index contributed by atoms with van der Waals surface area (Å²) in [6, 6.07) is 0. The SMILES string of the molecule is CCc1ncnc(NCc2nn(C)cc2C)c1F. The van der Waals surface area contributed by atoms with Gasteiger partial charge in [0.05, 0.1) is 17.9 Å². The summed E-state index contributed by atoms with van der Waals surface area (Å²) in [6.45, 7) is 4.28. The van der Waals surface area contributed by atoms with Crippen LogP contribution in [0.25, 0.3) is 0 Å². The van der Waals surface area contributed by atoms with Crippen molar-refractivity contribution in [2.24, 2.45) is 7.05 Å². The minimum absolute atomic E-state index is 0.229. The highest BCUT2D eigenvalue weighted by atomic mass is 19.1. The van der Waals surface area contributed by atoms with Gasteiger partial charge in [-0.2, -0.15) is 5.10 Å². The molecule has 0 saturated carbocycles. The Balaban J connectivity index is 2.13. The predicted octanol–water partition coefficient (Wildman–Crippen LogP) is 1.83. The molecule has 18 heavy (non-hydrogen) atoms. The lowest BCUT2D eigenvalue weighted by molar-refractivity contribution is 0.596. The van der Waals surface area contributed by atoms with Gasteiger partial charge in [-0.15, -0.1) is 0 Å². The van der Waals surface area contributed by atoms with Crippen LogP contribution in [-0.2, 0) is 20.0 Å². The fraction of sp³-hybridized carbons (Fsp3) is 0.417. The van der Waals surface area contributed by atoms with E-state index in [-0.39, 0.29) is 11.6 Å². The first-order valence-electron chi connectivity index (χ1n) is 5.84. The lowest BCUT2D eigenvalue weighted by Crippen LogP contribution is -2.08. The van der Waals surface area contributed by atoms with E-state index in [1.54, 1.807) is 4.68 Å². The van der Waals surface area contributed by atoms with Crippen LogP contribution in [0, 0.1) is 12.7 Å². The van der Waals surface area contributed by atoms with Crippen molar-refractivity contribution in [1.82, 2.24) is 19.7 Å². The summed E-state index contributed by atoms with van der Waals surface area (Å²) in [7, 11) is 1.86. The zero-order chi connectivity index (χ0) is 13.1. The molecule has 0 aromatic carbocycles. The maximum absolute atomic E-state index is 13.9. The molecule has 0 saturated heterocycles. The first kappa shape index (κ1) is 12.5. The number of nitrogens with zero attached hydrogens (tertiary/aromatic N) is 4. The molecule has 0 bridgehead atoms. The van der Waals surface area contributed by atoms with Gasteiger partial charge in [-0.3, -0.25) is 4.68 Å². The van der Waals surface area contributed by atoms with Crippen molar-refractivity contribution in [1.29, 1.82) is 0 Å². The molecular weight excluding hydrogens is 233 g/mol. The number of hydrogen-bond donors (Lipinski definition) is 1. The molecular formula is C12H16FN5. The van der Waals surface area contributed by atoms with E-state index in [1.807, 2.05) is 27.1 Å². The monoisotopic (exact) mass is 249 g/mol. The molecule has 96 valence electrons. The van der Waals surface area contributed by atoms with Crippen LogP contribution in [0.1, 0.15) is 23.9 Å². The first-order chi connectivity index (χ1) is 8.61. The summed E-state index contributed by atoms with van der Waals surface area (Å²) in [5, 5.41) is 7.24. The van der Waals surface area contributed by atoms with Gasteiger partial charge in [0.15, 0.2) is 11.6 Å². The summed E-state index contributed by atoms with van der Waals surface area (Å²) in [4.78, 5) is 7.79. The van der Waals surface area contributed by atoms with Gasteiger partial charge in [0, 0.05) is 13.2 Å². The van der Waals surface area contributed by atoms with E-state index in [0.29, 0.717) is 18.7 Å². The largest absolute Gasteiger partial charge is 0.362 e. The van der Waals surface area contributed by atoms with Crippen molar-refractivity contribution in [2.45, 2.75) is 26.8 Å². The highest BCUT2D eigenvalue weighted by molar-refractivity contribution is 5.38. The summed E-state index contributed by atoms with van der Waals surface area (Å²) < 4.78 is 15.6. The van der Waals surface area contributed by atoms with Crippen LogP contribution in [0.3, 0.4) is 0 Å². The van der Waals surface area contributed by atoms with Crippen LogP contribution >= 0.6 is 0 Å². The van der Waals surface area contributed by atoms with Gasteiger partial charge in [-0.05, 0) is 18.9 Å². The summed E-state index contributed by atoms with van der Waals surface area (Å²) in [5.41, 5.74) is 2.37. The molecule has 0 aliphatic carbocycles. The molecule has 0 fully saturated rings. The highest BCUT2D eigenvalue weighted by Crippen LogP contribution is 2.14. The summed E-state index contributed by atoms with van der Waals surface area (Å²) in [5.74, 6) is -0.152. The third-order valence-corrected chi connectivity index (χ3v) is 2.73. The number of anilines is 1. The fourth-order valence-electron chi connectivity index (χ4n) is 1.77. The van der Waals surface area contributed by atoms with E-state index in [2.05, 4.69) is 20.4 Å². The molecule has 0 aliphatic heterocycles. The Bertz CT molecular complexity index is 549. The molecule has 0 amide bonds. The van der Waals surface area contributed by atoms with Crippen molar-refractivity contribution < 1.29 is 4.39 Å². The first-order valence-corrected chi connectivity index (χ1v) is 5.84. The zero-order valence-corrected chi connectivity index (χ0v) is 10.7. The molecule has 2 aromatic heterocycles. The van der Waals surface area contributed by atoms with Crippen molar-refractivity contribution in [3.05, 3.63) is 35.3 Å². The van der Waals surface area contributed by atoms with Gasteiger partial charge in [0.2, 0.25) is 0 Å². The molecule has 0 atom stereocenters. The van der Waals surface area contributed by atoms with Crippen molar-refractivity contribution in [3.63, 3.8) is 0 Å². The molecule has 0 unspecified atom stereocenters. The fourth-order valence-corrected chi connectivity index (χ4v) is 1.77. The van der Waals surface area contributed by atoms with Gasteiger partial charge in [-0.25, -0.2) is 14.4 Å². The molecule has 0 spiro atoms. The second-order valence-electron chi connectivity index (χ2n) is 4.12. The maximum atomic E-state index is 13.9. The number of nitrogens with one attached hydrogen (secondary N) is 1. The smallest absolute Gasteiger partial charge is 0.186 e. The quantitative estimate of drug-likeness (QED) is 0.898. The Kier molecular flexibility index (Phi) is 3.55. The number of rotatable bonds is 4.